The number of unbranched alkanes of at least 4 members (excludes halogenated alkanes) is 9. The van der Waals surface area contributed by atoms with Crippen LogP contribution in [0.3, 0.4) is 0 Å². The van der Waals surface area contributed by atoms with Crippen LogP contribution in [0.25, 0.3) is 0 Å². The first-order valence-corrected chi connectivity index (χ1v) is 8.34. The topological polar surface area (TPSA) is 52.6 Å². The predicted molar refractivity (Wildman–Crippen MR) is 88.0 cm³/mol. The Kier molecular flexibility index (Phi) is 13.3. The third-order valence-electron chi connectivity index (χ3n) is 3.49. The molecular weight excluding hydrogens is 280 g/mol. The van der Waals surface area contributed by atoms with E-state index in [0.717, 1.165) is 18.9 Å². The van der Waals surface area contributed by atoms with Crippen molar-refractivity contribution in [1.29, 1.82) is 0 Å². The van der Waals surface area contributed by atoms with Crippen LogP contribution in [0.4, 0.5) is 0 Å². The molecule has 0 N–H and O–H groups in total. The second-order valence-corrected chi connectivity index (χ2v) is 5.51. The van der Waals surface area contributed by atoms with Gasteiger partial charge in [0.25, 0.3) is 0 Å². The van der Waals surface area contributed by atoms with Crippen molar-refractivity contribution < 1.29 is 19.4 Å². The Balaban J connectivity index is 3.43. The Morgan fingerprint density at radius 1 is 0.864 bits per heavy atom. The lowest BCUT2D eigenvalue weighted by Gasteiger charge is -2.05. The van der Waals surface area contributed by atoms with Crippen LogP contribution >= 0.6 is 0 Å². The summed E-state index contributed by atoms with van der Waals surface area (Å²) in [6.45, 7) is 9.07. The maximum atomic E-state index is 11.4. The summed E-state index contributed by atoms with van der Waals surface area (Å²) in [6.07, 6.45) is 13.9. The monoisotopic (exact) mass is 310 g/mol. The lowest BCUT2D eigenvalue weighted by atomic mass is 10.0. The van der Waals surface area contributed by atoms with Gasteiger partial charge >= 0.3 is 11.9 Å². The first kappa shape index (κ1) is 20.4. The van der Waals surface area contributed by atoms with Gasteiger partial charge < -0.3 is 0 Å². The van der Waals surface area contributed by atoms with E-state index in [-0.39, 0.29) is 0 Å². The molecule has 0 aliphatic heterocycles. The lowest BCUT2D eigenvalue weighted by Crippen LogP contribution is -2.11. The Labute approximate surface area is 134 Å². The molecule has 4 heteroatoms. The second kappa shape index (κ2) is 14.4. The minimum atomic E-state index is -0.792. The Morgan fingerprint density at radius 2 is 1.36 bits per heavy atom. The van der Waals surface area contributed by atoms with E-state index in [0.29, 0.717) is 12.0 Å². The molecule has 4 nitrogen and oxygen atoms in total. The molecule has 0 aliphatic rings. The molecule has 0 saturated heterocycles. The van der Waals surface area contributed by atoms with E-state index in [9.17, 15) is 9.59 Å². The Hall–Kier alpha value is -1.58. The molecule has 0 aromatic heterocycles. The van der Waals surface area contributed by atoms with Gasteiger partial charge in [-0.3, -0.25) is 0 Å². The van der Waals surface area contributed by atoms with E-state index in [4.69, 9.17) is 0 Å². The second-order valence-electron chi connectivity index (χ2n) is 5.51. The highest BCUT2D eigenvalue weighted by Crippen LogP contribution is 2.13. The molecule has 0 fully saturated rings. The van der Waals surface area contributed by atoms with Crippen LogP contribution in [0.5, 0.6) is 0 Å². The summed E-state index contributed by atoms with van der Waals surface area (Å²) >= 11 is 0. The van der Waals surface area contributed by atoms with E-state index in [1.54, 1.807) is 0 Å². The molecule has 0 radical (unpaired) electrons. The summed E-state index contributed by atoms with van der Waals surface area (Å²) in [5, 5.41) is 0. The lowest BCUT2D eigenvalue weighted by molar-refractivity contribution is -0.251. The first-order valence-electron chi connectivity index (χ1n) is 8.34. The van der Waals surface area contributed by atoms with Gasteiger partial charge in [-0.15, -0.1) is 0 Å². The third kappa shape index (κ3) is 12.2. The third-order valence-corrected chi connectivity index (χ3v) is 3.49. The van der Waals surface area contributed by atoms with Crippen molar-refractivity contribution in [3.8, 4) is 0 Å². The molecule has 126 valence electrons. The fourth-order valence-electron chi connectivity index (χ4n) is 2.10. The average molecular weight is 310 g/mol. The minimum Gasteiger partial charge on any atom is -0.242 e. The fourth-order valence-corrected chi connectivity index (χ4v) is 2.10. The summed E-state index contributed by atoms with van der Waals surface area (Å²) in [6, 6.07) is 0. The van der Waals surface area contributed by atoms with Gasteiger partial charge in [0.15, 0.2) is 0 Å². The minimum absolute atomic E-state index is 0.330. The van der Waals surface area contributed by atoms with Crippen LogP contribution in [0, 0.1) is 0 Å². The maximum absolute atomic E-state index is 11.4. The van der Waals surface area contributed by atoms with Gasteiger partial charge in [-0.05, 0) is 12.8 Å². The van der Waals surface area contributed by atoms with Crippen molar-refractivity contribution in [3.63, 3.8) is 0 Å². The van der Waals surface area contributed by atoms with Gasteiger partial charge in [-0.2, -0.15) is 0 Å². The largest absolute Gasteiger partial charge is 0.381 e. The van der Waals surface area contributed by atoms with Crippen LogP contribution in [0.2, 0.25) is 0 Å². The van der Waals surface area contributed by atoms with Crippen LogP contribution in [0.1, 0.15) is 77.6 Å². The summed E-state index contributed by atoms with van der Waals surface area (Å²) in [5.74, 6) is -1.48. The molecule has 0 atom stereocenters. The average Bonchev–Trinajstić information content (AvgIpc) is 2.53. The first-order chi connectivity index (χ1) is 10.6. The summed E-state index contributed by atoms with van der Waals surface area (Å²) in [7, 11) is 0. The highest BCUT2D eigenvalue weighted by atomic mass is 17.2. The van der Waals surface area contributed by atoms with Crippen LogP contribution < -0.4 is 0 Å². The maximum Gasteiger partial charge on any atom is 0.381 e. The number of rotatable bonds is 13. The normalized spacial score (nSPS) is 10.0. The van der Waals surface area contributed by atoms with Crippen LogP contribution in [0.15, 0.2) is 24.8 Å². The van der Waals surface area contributed by atoms with Gasteiger partial charge in [0.1, 0.15) is 0 Å². The van der Waals surface area contributed by atoms with Gasteiger partial charge in [-0.25, -0.2) is 19.4 Å². The van der Waals surface area contributed by atoms with Gasteiger partial charge in [0.05, 0.1) is 0 Å². The standard InChI is InChI=1S/C18H30O4/c1-4-6-7-8-9-10-11-12-13-14-15-16(3)18(20)22-21-17(19)5-2/h5H,2-4,6-15H2,1H3. The quantitative estimate of drug-likeness (QED) is 0.207. The van der Waals surface area contributed by atoms with Crippen molar-refractivity contribution in [2.24, 2.45) is 0 Å². The fraction of sp³-hybridized carbons (Fsp3) is 0.667. The van der Waals surface area contributed by atoms with E-state index < -0.39 is 11.9 Å². The SMILES string of the molecule is C=CC(=O)OOC(=O)C(=C)CCCCCCCCCCCC. The molecule has 0 amide bonds. The van der Waals surface area contributed by atoms with Crippen molar-refractivity contribution in [2.45, 2.75) is 77.6 Å². The molecule has 0 bridgehead atoms. The zero-order valence-electron chi connectivity index (χ0n) is 13.9. The molecule has 0 rings (SSSR count). The molecule has 0 aromatic carbocycles. The molecule has 0 unspecified atom stereocenters. The molecule has 22 heavy (non-hydrogen) atoms. The Bertz CT molecular complexity index is 347. The molecular formula is C18H30O4. The smallest absolute Gasteiger partial charge is 0.242 e. The summed E-state index contributed by atoms with van der Waals surface area (Å²) in [4.78, 5) is 30.7. The zero-order valence-corrected chi connectivity index (χ0v) is 13.9. The zero-order chi connectivity index (χ0) is 16.6. The van der Waals surface area contributed by atoms with Crippen molar-refractivity contribution in [2.75, 3.05) is 0 Å². The molecule has 0 aliphatic carbocycles. The van der Waals surface area contributed by atoms with Crippen LogP contribution in [-0.2, 0) is 19.4 Å². The highest BCUT2D eigenvalue weighted by molar-refractivity contribution is 5.88. The number of hydrogen-bond donors (Lipinski definition) is 0. The predicted octanol–water partition coefficient (Wildman–Crippen LogP) is 5.04. The number of hydrogen-bond acceptors (Lipinski definition) is 4. The number of carbonyl (C=O) groups excluding carboxylic acids is 2. The summed E-state index contributed by atoms with van der Waals surface area (Å²) in [5.41, 5.74) is 0.330. The number of carbonyl (C=O) groups is 2. The van der Waals surface area contributed by atoms with Crippen molar-refractivity contribution in [3.05, 3.63) is 24.8 Å². The Morgan fingerprint density at radius 3 is 1.86 bits per heavy atom. The van der Waals surface area contributed by atoms with Gasteiger partial charge in [-0.1, -0.05) is 77.9 Å². The highest BCUT2D eigenvalue weighted by Gasteiger charge is 2.11. The molecule has 0 aromatic rings. The van der Waals surface area contributed by atoms with Crippen LogP contribution in [-0.4, -0.2) is 11.9 Å². The van der Waals surface area contributed by atoms with Crippen molar-refractivity contribution in [1.82, 2.24) is 0 Å². The van der Waals surface area contributed by atoms with E-state index in [1.165, 1.54) is 51.4 Å². The van der Waals surface area contributed by atoms with Gasteiger partial charge in [0.2, 0.25) is 0 Å². The summed E-state index contributed by atoms with van der Waals surface area (Å²) < 4.78 is 0. The molecule has 0 saturated carbocycles. The molecule has 0 heterocycles. The van der Waals surface area contributed by atoms with Crippen molar-refractivity contribution >= 4 is 11.9 Å². The van der Waals surface area contributed by atoms with E-state index >= 15 is 0 Å². The molecule has 0 spiro atoms. The van der Waals surface area contributed by atoms with E-state index in [2.05, 4.69) is 29.9 Å². The van der Waals surface area contributed by atoms with E-state index in [1.807, 2.05) is 0 Å². The van der Waals surface area contributed by atoms with Gasteiger partial charge in [0, 0.05) is 11.6 Å².